The lowest BCUT2D eigenvalue weighted by molar-refractivity contribution is 0.0117. The van der Waals surface area contributed by atoms with Gasteiger partial charge in [-0.1, -0.05) is 30.3 Å². The SMILES string of the molecule is CCOc1cc2c(N3CCC(O)(c4ccccc4)CC3)ncnc2c(OCC)c1OCC. The lowest BCUT2D eigenvalue weighted by Gasteiger charge is -2.39. The number of fused-ring (bicyclic) bond motifs is 1. The first-order valence-corrected chi connectivity index (χ1v) is 11.3. The van der Waals surface area contributed by atoms with Crippen LogP contribution < -0.4 is 19.1 Å². The molecule has 0 atom stereocenters. The fourth-order valence-corrected chi connectivity index (χ4v) is 4.32. The van der Waals surface area contributed by atoms with Crippen molar-refractivity contribution >= 4 is 16.7 Å². The third-order valence-corrected chi connectivity index (χ3v) is 5.86. The van der Waals surface area contributed by atoms with Gasteiger partial charge in [0, 0.05) is 13.1 Å². The van der Waals surface area contributed by atoms with Gasteiger partial charge in [0.25, 0.3) is 0 Å². The summed E-state index contributed by atoms with van der Waals surface area (Å²) in [5, 5.41) is 12.1. The second kappa shape index (κ2) is 9.61. The molecule has 1 aliphatic heterocycles. The van der Waals surface area contributed by atoms with Crippen LogP contribution in [0.3, 0.4) is 0 Å². The molecule has 0 radical (unpaired) electrons. The Morgan fingerprint density at radius 1 is 0.906 bits per heavy atom. The Kier molecular flexibility index (Phi) is 6.65. The first-order chi connectivity index (χ1) is 15.6. The molecular weight excluding hydrogens is 406 g/mol. The third-order valence-electron chi connectivity index (χ3n) is 5.86. The summed E-state index contributed by atoms with van der Waals surface area (Å²) in [7, 11) is 0. The van der Waals surface area contributed by atoms with Crippen molar-refractivity contribution < 1.29 is 19.3 Å². The molecule has 4 rings (SSSR count). The highest BCUT2D eigenvalue weighted by Crippen LogP contribution is 2.45. The Labute approximate surface area is 189 Å². The predicted octanol–water partition coefficient (Wildman–Crippen LogP) is 4.31. The summed E-state index contributed by atoms with van der Waals surface area (Å²) in [6, 6.07) is 11.8. The third kappa shape index (κ3) is 4.17. The van der Waals surface area contributed by atoms with E-state index in [1.807, 2.05) is 57.2 Å². The molecule has 0 saturated carbocycles. The molecule has 7 heteroatoms. The molecule has 0 amide bonds. The van der Waals surface area contributed by atoms with Crippen LogP contribution in [0.25, 0.3) is 10.9 Å². The number of hydrogen-bond donors (Lipinski definition) is 1. The quantitative estimate of drug-likeness (QED) is 0.563. The van der Waals surface area contributed by atoms with Crippen LogP contribution in [0, 0.1) is 0 Å². The van der Waals surface area contributed by atoms with Crippen LogP contribution in [0.5, 0.6) is 17.2 Å². The van der Waals surface area contributed by atoms with Crippen molar-refractivity contribution in [1.82, 2.24) is 9.97 Å². The zero-order chi connectivity index (χ0) is 22.6. The van der Waals surface area contributed by atoms with Crippen molar-refractivity contribution in [2.24, 2.45) is 0 Å². The van der Waals surface area contributed by atoms with Crippen LogP contribution >= 0.6 is 0 Å². The van der Waals surface area contributed by atoms with E-state index in [-0.39, 0.29) is 0 Å². The van der Waals surface area contributed by atoms with Crippen molar-refractivity contribution in [2.45, 2.75) is 39.2 Å². The first kappa shape index (κ1) is 22.1. The van der Waals surface area contributed by atoms with Crippen molar-refractivity contribution in [3.8, 4) is 17.2 Å². The van der Waals surface area contributed by atoms with E-state index in [0.717, 1.165) is 16.8 Å². The molecule has 1 saturated heterocycles. The van der Waals surface area contributed by atoms with E-state index < -0.39 is 5.60 Å². The van der Waals surface area contributed by atoms with Gasteiger partial charge in [0.2, 0.25) is 5.75 Å². The smallest absolute Gasteiger partial charge is 0.205 e. The molecule has 1 aliphatic rings. The fraction of sp³-hybridized carbons (Fsp3) is 0.440. The molecule has 0 aliphatic carbocycles. The van der Waals surface area contributed by atoms with Crippen LogP contribution in [0.2, 0.25) is 0 Å². The molecule has 0 unspecified atom stereocenters. The second-order valence-electron chi connectivity index (χ2n) is 7.81. The average molecular weight is 438 g/mol. The van der Waals surface area contributed by atoms with Gasteiger partial charge in [0.1, 0.15) is 17.7 Å². The summed E-state index contributed by atoms with van der Waals surface area (Å²) in [6.45, 7) is 8.66. The highest BCUT2D eigenvalue weighted by atomic mass is 16.5. The van der Waals surface area contributed by atoms with Gasteiger partial charge >= 0.3 is 0 Å². The molecule has 1 aromatic heterocycles. The van der Waals surface area contributed by atoms with Crippen LogP contribution in [-0.4, -0.2) is 48.0 Å². The minimum absolute atomic E-state index is 0.484. The van der Waals surface area contributed by atoms with Gasteiger partial charge in [-0.15, -0.1) is 0 Å². The van der Waals surface area contributed by atoms with Gasteiger partial charge in [-0.3, -0.25) is 0 Å². The molecule has 0 bridgehead atoms. The van der Waals surface area contributed by atoms with Crippen LogP contribution in [0.1, 0.15) is 39.2 Å². The number of rotatable bonds is 8. The van der Waals surface area contributed by atoms with Gasteiger partial charge in [-0.05, 0) is 45.2 Å². The standard InChI is InChI=1S/C25H31N3O4/c1-4-30-20-16-19-21(23(32-6-3)22(20)31-5-2)26-17-27-24(19)28-14-12-25(29,13-15-28)18-10-8-7-9-11-18/h7-11,16-17,29H,4-6,12-15H2,1-3H3. The number of nitrogens with zero attached hydrogens (tertiary/aromatic N) is 3. The van der Waals surface area contributed by atoms with Gasteiger partial charge in [-0.2, -0.15) is 0 Å². The molecule has 32 heavy (non-hydrogen) atoms. The number of aliphatic hydroxyl groups is 1. The summed E-state index contributed by atoms with van der Waals surface area (Å²) >= 11 is 0. The molecule has 7 nitrogen and oxygen atoms in total. The Morgan fingerprint density at radius 3 is 2.22 bits per heavy atom. The summed E-state index contributed by atoms with van der Waals surface area (Å²) < 4.78 is 17.8. The zero-order valence-corrected chi connectivity index (χ0v) is 19.0. The van der Waals surface area contributed by atoms with E-state index in [2.05, 4.69) is 14.9 Å². The van der Waals surface area contributed by atoms with Crippen LogP contribution in [0.4, 0.5) is 5.82 Å². The Hall–Kier alpha value is -3.06. The fourth-order valence-electron chi connectivity index (χ4n) is 4.32. The summed E-state index contributed by atoms with van der Waals surface area (Å²) in [5.41, 5.74) is 0.842. The summed E-state index contributed by atoms with van der Waals surface area (Å²) in [4.78, 5) is 11.3. The zero-order valence-electron chi connectivity index (χ0n) is 19.0. The van der Waals surface area contributed by atoms with Crippen molar-refractivity contribution in [3.63, 3.8) is 0 Å². The van der Waals surface area contributed by atoms with Crippen molar-refractivity contribution in [2.75, 3.05) is 37.8 Å². The first-order valence-electron chi connectivity index (χ1n) is 11.3. The molecule has 2 heterocycles. The lowest BCUT2D eigenvalue weighted by atomic mass is 9.84. The van der Waals surface area contributed by atoms with E-state index >= 15 is 0 Å². The van der Waals surface area contributed by atoms with Gasteiger partial charge < -0.3 is 24.2 Å². The van der Waals surface area contributed by atoms with Crippen molar-refractivity contribution in [1.29, 1.82) is 0 Å². The maximum atomic E-state index is 11.2. The number of piperidine rings is 1. The monoisotopic (exact) mass is 437 g/mol. The van der Waals surface area contributed by atoms with Gasteiger partial charge in [-0.25, -0.2) is 9.97 Å². The lowest BCUT2D eigenvalue weighted by Crippen LogP contribution is -2.43. The number of hydrogen-bond acceptors (Lipinski definition) is 7. The van der Waals surface area contributed by atoms with Crippen LogP contribution in [0.15, 0.2) is 42.7 Å². The number of aromatic nitrogens is 2. The highest BCUT2D eigenvalue weighted by molar-refractivity contribution is 5.97. The highest BCUT2D eigenvalue weighted by Gasteiger charge is 2.35. The predicted molar refractivity (Wildman–Crippen MR) is 125 cm³/mol. The van der Waals surface area contributed by atoms with E-state index in [1.54, 1.807) is 6.33 Å². The van der Waals surface area contributed by atoms with E-state index in [4.69, 9.17) is 14.2 Å². The number of anilines is 1. The van der Waals surface area contributed by atoms with E-state index in [1.165, 1.54) is 0 Å². The van der Waals surface area contributed by atoms with Crippen LogP contribution in [-0.2, 0) is 5.60 Å². The Balaban J connectivity index is 1.72. The Bertz CT molecular complexity index is 1050. The van der Waals surface area contributed by atoms with Gasteiger partial charge in [0.05, 0.1) is 30.8 Å². The molecule has 1 N–H and O–H groups in total. The Morgan fingerprint density at radius 2 is 1.56 bits per heavy atom. The minimum atomic E-state index is -0.824. The molecule has 3 aromatic rings. The maximum Gasteiger partial charge on any atom is 0.205 e. The second-order valence-corrected chi connectivity index (χ2v) is 7.81. The summed E-state index contributed by atoms with van der Waals surface area (Å²) in [6.07, 6.45) is 2.81. The largest absolute Gasteiger partial charge is 0.490 e. The molecule has 2 aromatic carbocycles. The van der Waals surface area contributed by atoms with E-state index in [9.17, 15) is 5.11 Å². The minimum Gasteiger partial charge on any atom is -0.490 e. The maximum absolute atomic E-state index is 11.2. The normalized spacial score (nSPS) is 15.6. The van der Waals surface area contributed by atoms with Gasteiger partial charge in [0.15, 0.2) is 11.5 Å². The molecule has 1 fully saturated rings. The topological polar surface area (TPSA) is 76.9 Å². The number of ether oxygens (including phenoxy) is 3. The average Bonchev–Trinajstić information content (AvgIpc) is 2.82. The molecular formula is C25H31N3O4. The summed E-state index contributed by atoms with van der Waals surface area (Å²) in [5.74, 6) is 2.59. The van der Waals surface area contributed by atoms with Crippen molar-refractivity contribution in [3.05, 3.63) is 48.3 Å². The van der Waals surface area contributed by atoms with E-state index in [0.29, 0.717) is 68.5 Å². The molecule has 170 valence electrons. The number of benzene rings is 2. The molecule has 0 spiro atoms.